The molecule has 0 aromatic heterocycles. The zero-order valence-corrected chi connectivity index (χ0v) is 12.0. The third-order valence-corrected chi connectivity index (χ3v) is 4.90. The largest absolute Gasteiger partial charge is 0.375 e. The molecular formula is C12H25NO3S. The third kappa shape index (κ3) is 4.23. The first-order valence-corrected chi connectivity index (χ1v) is 8.37. The molecule has 0 aromatic rings. The van der Waals surface area contributed by atoms with E-state index in [4.69, 9.17) is 10.5 Å². The van der Waals surface area contributed by atoms with Gasteiger partial charge in [-0.1, -0.05) is 6.92 Å². The Balaban J connectivity index is 2.45. The van der Waals surface area contributed by atoms with Crippen molar-refractivity contribution in [3.63, 3.8) is 0 Å². The molecule has 1 saturated heterocycles. The standard InChI is InChI=1S/C12H25NO3S/c1-8-9(2)16-10(3)12(8)11(13)6-5-7-17(4,14)15/h8-12H,5-7,13H2,1-4H3. The van der Waals surface area contributed by atoms with Gasteiger partial charge in [-0.25, -0.2) is 8.42 Å². The minimum Gasteiger partial charge on any atom is -0.375 e. The van der Waals surface area contributed by atoms with E-state index < -0.39 is 9.84 Å². The van der Waals surface area contributed by atoms with Crippen molar-refractivity contribution in [3.05, 3.63) is 0 Å². The van der Waals surface area contributed by atoms with Crippen molar-refractivity contribution >= 4 is 9.84 Å². The highest BCUT2D eigenvalue weighted by Gasteiger charge is 2.39. The zero-order valence-electron chi connectivity index (χ0n) is 11.2. The Hall–Kier alpha value is -0.130. The Kier molecular flexibility index (Phi) is 4.98. The molecule has 0 amide bonds. The van der Waals surface area contributed by atoms with Crippen LogP contribution in [0.5, 0.6) is 0 Å². The molecule has 0 aliphatic carbocycles. The second kappa shape index (κ2) is 5.67. The van der Waals surface area contributed by atoms with Crippen molar-refractivity contribution < 1.29 is 13.2 Å². The Bertz CT molecular complexity index is 342. The molecule has 0 bridgehead atoms. The van der Waals surface area contributed by atoms with Gasteiger partial charge in [0.15, 0.2) is 0 Å². The SMILES string of the molecule is CC1OC(C)C(C(N)CCCS(C)(=O)=O)C1C. The molecule has 17 heavy (non-hydrogen) atoms. The molecule has 0 spiro atoms. The first-order valence-electron chi connectivity index (χ1n) is 6.31. The van der Waals surface area contributed by atoms with Crippen molar-refractivity contribution in [2.24, 2.45) is 17.6 Å². The Morgan fingerprint density at radius 2 is 1.82 bits per heavy atom. The van der Waals surface area contributed by atoms with Crippen molar-refractivity contribution in [2.45, 2.75) is 51.9 Å². The lowest BCUT2D eigenvalue weighted by molar-refractivity contribution is 0.0487. The predicted octanol–water partition coefficient (Wildman–Crippen LogP) is 1.20. The zero-order chi connectivity index (χ0) is 13.2. The van der Waals surface area contributed by atoms with E-state index in [1.165, 1.54) is 6.26 Å². The highest BCUT2D eigenvalue weighted by atomic mass is 32.2. The molecule has 1 heterocycles. The van der Waals surface area contributed by atoms with E-state index in [9.17, 15) is 8.42 Å². The molecule has 102 valence electrons. The summed E-state index contributed by atoms with van der Waals surface area (Å²) in [4.78, 5) is 0. The van der Waals surface area contributed by atoms with Gasteiger partial charge in [-0.15, -0.1) is 0 Å². The van der Waals surface area contributed by atoms with Crippen LogP contribution >= 0.6 is 0 Å². The molecule has 5 atom stereocenters. The maximum atomic E-state index is 11.0. The van der Waals surface area contributed by atoms with Crippen molar-refractivity contribution in [2.75, 3.05) is 12.0 Å². The van der Waals surface area contributed by atoms with Gasteiger partial charge in [0, 0.05) is 24.0 Å². The first kappa shape index (κ1) is 14.9. The van der Waals surface area contributed by atoms with Crippen LogP contribution in [0.1, 0.15) is 33.6 Å². The van der Waals surface area contributed by atoms with Gasteiger partial charge in [0.25, 0.3) is 0 Å². The predicted molar refractivity (Wildman–Crippen MR) is 69.6 cm³/mol. The van der Waals surface area contributed by atoms with Crippen molar-refractivity contribution in [3.8, 4) is 0 Å². The molecule has 0 aromatic carbocycles. The fourth-order valence-corrected chi connectivity index (χ4v) is 3.50. The summed E-state index contributed by atoms with van der Waals surface area (Å²) < 4.78 is 27.9. The Labute approximate surface area is 105 Å². The van der Waals surface area contributed by atoms with Gasteiger partial charge in [0.1, 0.15) is 9.84 Å². The van der Waals surface area contributed by atoms with Gasteiger partial charge >= 0.3 is 0 Å². The lowest BCUT2D eigenvalue weighted by atomic mass is 9.82. The van der Waals surface area contributed by atoms with E-state index in [0.29, 0.717) is 18.3 Å². The van der Waals surface area contributed by atoms with Crippen LogP contribution in [0.25, 0.3) is 0 Å². The number of ether oxygens (including phenoxy) is 1. The van der Waals surface area contributed by atoms with E-state index >= 15 is 0 Å². The van der Waals surface area contributed by atoms with Gasteiger partial charge in [0.05, 0.1) is 12.2 Å². The van der Waals surface area contributed by atoms with Crippen LogP contribution in [0.4, 0.5) is 0 Å². The van der Waals surface area contributed by atoms with Crippen LogP contribution < -0.4 is 5.73 Å². The van der Waals surface area contributed by atoms with Gasteiger partial charge < -0.3 is 10.5 Å². The molecule has 0 saturated carbocycles. The average molecular weight is 263 g/mol. The molecular weight excluding hydrogens is 238 g/mol. The van der Waals surface area contributed by atoms with Crippen LogP contribution in [0, 0.1) is 11.8 Å². The van der Waals surface area contributed by atoms with E-state index in [1.54, 1.807) is 0 Å². The van der Waals surface area contributed by atoms with Gasteiger partial charge in [-0.05, 0) is 32.6 Å². The lowest BCUT2D eigenvalue weighted by Gasteiger charge is -2.25. The normalized spacial score (nSPS) is 36.1. The van der Waals surface area contributed by atoms with Crippen molar-refractivity contribution in [1.29, 1.82) is 0 Å². The van der Waals surface area contributed by atoms with Crippen LogP contribution in [0.15, 0.2) is 0 Å². The van der Waals surface area contributed by atoms with Gasteiger partial charge in [0.2, 0.25) is 0 Å². The van der Waals surface area contributed by atoms with Crippen LogP contribution in [-0.4, -0.2) is 38.7 Å². The van der Waals surface area contributed by atoms with Crippen LogP contribution in [0.3, 0.4) is 0 Å². The van der Waals surface area contributed by atoms with Gasteiger partial charge in [-0.3, -0.25) is 0 Å². The Morgan fingerprint density at radius 3 is 2.24 bits per heavy atom. The molecule has 1 fully saturated rings. The third-order valence-electron chi connectivity index (χ3n) is 3.87. The first-order chi connectivity index (χ1) is 7.72. The average Bonchev–Trinajstić information content (AvgIpc) is 2.38. The fourth-order valence-electron chi connectivity index (χ4n) is 2.81. The number of hydrogen-bond donors (Lipinski definition) is 1. The second-order valence-corrected chi connectivity index (χ2v) is 7.68. The van der Waals surface area contributed by atoms with Crippen molar-refractivity contribution in [1.82, 2.24) is 0 Å². The second-order valence-electron chi connectivity index (χ2n) is 5.42. The molecule has 0 radical (unpaired) electrons. The molecule has 5 heteroatoms. The monoisotopic (exact) mass is 263 g/mol. The molecule has 5 unspecified atom stereocenters. The summed E-state index contributed by atoms with van der Waals surface area (Å²) in [5.74, 6) is 1.01. The summed E-state index contributed by atoms with van der Waals surface area (Å²) in [5, 5.41) is 0. The lowest BCUT2D eigenvalue weighted by Crippen LogP contribution is -2.37. The van der Waals surface area contributed by atoms with E-state index in [0.717, 1.165) is 6.42 Å². The van der Waals surface area contributed by atoms with E-state index in [-0.39, 0.29) is 24.0 Å². The topological polar surface area (TPSA) is 69.4 Å². The maximum absolute atomic E-state index is 11.0. The molecule has 1 rings (SSSR count). The smallest absolute Gasteiger partial charge is 0.147 e. The summed E-state index contributed by atoms with van der Waals surface area (Å²) in [7, 11) is -2.87. The number of hydrogen-bond acceptors (Lipinski definition) is 4. The number of rotatable bonds is 5. The van der Waals surface area contributed by atoms with Gasteiger partial charge in [-0.2, -0.15) is 0 Å². The van der Waals surface area contributed by atoms with Crippen LogP contribution in [0.2, 0.25) is 0 Å². The highest BCUT2D eigenvalue weighted by Crippen LogP contribution is 2.34. The molecule has 1 aliphatic heterocycles. The summed E-state index contributed by atoms with van der Waals surface area (Å²) in [6.07, 6.45) is 3.08. The van der Waals surface area contributed by atoms with E-state index in [1.807, 2.05) is 0 Å². The highest BCUT2D eigenvalue weighted by molar-refractivity contribution is 7.90. The summed E-state index contributed by atoms with van der Waals surface area (Å²) in [5.41, 5.74) is 6.18. The minimum absolute atomic E-state index is 0.0340. The van der Waals surface area contributed by atoms with Crippen LogP contribution in [-0.2, 0) is 14.6 Å². The quantitative estimate of drug-likeness (QED) is 0.809. The number of sulfone groups is 1. The summed E-state index contributed by atoms with van der Waals surface area (Å²) in [6, 6.07) is 0.0340. The summed E-state index contributed by atoms with van der Waals surface area (Å²) in [6.45, 7) is 6.29. The van der Waals surface area contributed by atoms with E-state index in [2.05, 4.69) is 20.8 Å². The fraction of sp³-hybridized carbons (Fsp3) is 1.00. The molecule has 2 N–H and O–H groups in total. The Morgan fingerprint density at radius 1 is 1.24 bits per heavy atom. The number of nitrogens with two attached hydrogens (primary N) is 1. The summed E-state index contributed by atoms with van der Waals surface area (Å²) >= 11 is 0. The maximum Gasteiger partial charge on any atom is 0.147 e. The minimum atomic E-state index is -2.87. The molecule has 1 aliphatic rings. The molecule has 4 nitrogen and oxygen atoms in total.